The molecular weight excluding hydrogens is 520 g/mol. The number of β-amino-alcohol motifs (C(OH)–C–C–N with tert-alkyl or cyclic N) is 1. The molecule has 1 heterocycles. The summed E-state index contributed by atoms with van der Waals surface area (Å²) in [5, 5.41) is 15.7. The van der Waals surface area contributed by atoms with Gasteiger partial charge < -0.3 is 21.5 Å². The van der Waals surface area contributed by atoms with Gasteiger partial charge in [0.05, 0.1) is 6.10 Å². The summed E-state index contributed by atoms with van der Waals surface area (Å²) in [6.07, 6.45) is 10.3. The van der Waals surface area contributed by atoms with Crippen LogP contribution in [-0.4, -0.2) is 47.6 Å². The number of hydrogen-bond donors (Lipinski definition) is 4. The molecule has 2 atom stereocenters. The van der Waals surface area contributed by atoms with Gasteiger partial charge in [0.25, 0.3) is 0 Å². The molecule has 5 N–H and O–H groups in total. The molecule has 0 radical (unpaired) electrons. The summed E-state index contributed by atoms with van der Waals surface area (Å²) in [6.45, 7) is 5.30. The number of amides is 2. The molecule has 1 saturated heterocycles. The third-order valence-electron chi connectivity index (χ3n) is 5.56. The molecule has 1 fully saturated rings. The van der Waals surface area contributed by atoms with E-state index in [-0.39, 0.29) is 11.8 Å². The minimum atomic E-state index is -0.546. The Morgan fingerprint density at radius 3 is 2.50 bits per heavy atom. The summed E-state index contributed by atoms with van der Waals surface area (Å²) in [6, 6.07) is 14.3. The van der Waals surface area contributed by atoms with Crippen LogP contribution in [0.5, 0.6) is 0 Å². The van der Waals surface area contributed by atoms with Crippen LogP contribution in [0.2, 0.25) is 0 Å². The Morgan fingerprint density at radius 1 is 1.14 bits per heavy atom. The lowest BCUT2D eigenvalue weighted by Crippen LogP contribution is -2.36. The van der Waals surface area contributed by atoms with E-state index in [1.807, 2.05) is 53.4 Å². The Balaban J connectivity index is 1.67. The number of nitrogens with zero attached hydrogens (tertiary/aromatic N) is 1. The predicted molar refractivity (Wildman–Crippen MR) is 148 cm³/mol. The van der Waals surface area contributed by atoms with Gasteiger partial charge in [-0.3, -0.25) is 14.5 Å². The molecule has 2 aromatic rings. The maximum Gasteiger partial charge on any atom is 0.248 e. The van der Waals surface area contributed by atoms with E-state index in [9.17, 15) is 14.7 Å². The summed E-state index contributed by atoms with van der Waals surface area (Å²) in [5.41, 5.74) is 8.17. The van der Waals surface area contributed by atoms with Crippen LogP contribution in [0.4, 0.5) is 5.69 Å². The van der Waals surface area contributed by atoms with E-state index in [4.69, 9.17) is 5.73 Å². The Kier molecular flexibility index (Phi) is 10.4. The second kappa shape index (κ2) is 13.7. The number of aliphatic hydroxyl groups excluding tert-OH is 1. The highest BCUT2D eigenvalue weighted by Gasteiger charge is 2.33. The zero-order valence-electron chi connectivity index (χ0n) is 19.9. The topological polar surface area (TPSA) is 108 Å². The molecule has 1 aliphatic rings. The fourth-order valence-corrected chi connectivity index (χ4v) is 4.07. The van der Waals surface area contributed by atoms with Gasteiger partial charge in [-0.05, 0) is 54.0 Å². The van der Waals surface area contributed by atoms with Gasteiger partial charge in [0.15, 0.2) is 0 Å². The summed E-state index contributed by atoms with van der Waals surface area (Å²) in [7, 11) is 0. The number of hydrogen-bond acceptors (Lipinski definition) is 5. The van der Waals surface area contributed by atoms with E-state index in [0.29, 0.717) is 37.4 Å². The van der Waals surface area contributed by atoms with Crippen molar-refractivity contribution in [3.8, 4) is 0 Å². The average molecular weight is 551 g/mol. The molecule has 1 aliphatic heterocycles. The Bertz CT molecular complexity index is 1140. The van der Waals surface area contributed by atoms with Crippen LogP contribution in [0.15, 0.2) is 95.7 Å². The number of carbonyl (C=O) groups excluding carboxylic acids is 2. The van der Waals surface area contributed by atoms with Gasteiger partial charge in [-0.25, -0.2) is 0 Å². The first-order valence-electron chi connectivity index (χ1n) is 11.7. The Hall–Kier alpha value is -3.30. The molecular formula is C28H31BrN4O3. The summed E-state index contributed by atoms with van der Waals surface area (Å²) >= 11 is 3.40. The summed E-state index contributed by atoms with van der Waals surface area (Å²) < 4.78 is 0.928. The van der Waals surface area contributed by atoms with Gasteiger partial charge in [-0.2, -0.15) is 0 Å². The van der Waals surface area contributed by atoms with E-state index >= 15 is 0 Å². The average Bonchev–Trinajstić information content (AvgIpc) is 3.28. The van der Waals surface area contributed by atoms with Gasteiger partial charge in [0, 0.05) is 41.6 Å². The number of benzene rings is 2. The predicted octanol–water partition coefficient (Wildman–Crippen LogP) is 3.91. The van der Waals surface area contributed by atoms with Gasteiger partial charge in [0.2, 0.25) is 11.8 Å². The number of nitrogens with two attached hydrogens (primary N) is 1. The molecule has 2 aromatic carbocycles. The smallest absolute Gasteiger partial charge is 0.248 e. The van der Waals surface area contributed by atoms with Crippen molar-refractivity contribution in [1.29, 1.82) is 0 Å². The molecule has 0 aromatic heterocycles. The number of rotatable bonds is 10. The lowest BCUT2D eigenvalue weighted by molar-refractivity contribution is -0.121. The van der Waals surface area contributed by atoms with Crippen molar-refractivity contribution in [2.24, 2.45) is 5.73 Å². The van der Waals surface area contributed by atoms with Crippen LogP contribution >= 0.6 is 15.9 Å². The highest BCUT2D eigenvalue weighted by atomic mass is 79.9. The van der Waals surface area contributed by atoms with Crippen molar-refractivity contribution in [2.45, 2.75) is 18.6 Å². The van der Waals surface area contributed by atoms with Crippen LogP contribution in [-0.2, 0) is 9.59 Å². The van der Waals surface area contributed by atoms with Crippen molar-refractivity contribution in [2.75, 3.05) is 25.0 Å². The number of aliphatic hydroxyl groups is 1. The van der Waals surface area contributed by atoms with Crippen molar-refractivity contribution >= 4 is 39.5 Å². The number of carbonyl (C=O) groups is 2. The normalized spacial score (nSPS) is 17.1. The van der Waals surface area contributed by atoms with Gasteiger partial charge in [-0.15, -0.1) is 0 Å². The zero-order valence-corrected chi connectivity index (χ0v) is 21.5. The maximum atomic E-state index is 13.3. The zero-order chi connectivity index (χ0) is 25.9. The number of nitrogens with one attached hydrogen (secondary N) is 2. The second-order valence-corrected chi connectivity index (χ2v) is 9.29. The summed E-state index contributed by atoms with van der Waals surface area (Å²) in [4.78, 5) is 27.4. The highest BCUT2D eigenvalue weighted by molar-refractivity contribution is 9.10. The van der Waals surface area contributed by atoms with E-state index < -0.39 is 12.1 Å². The largest absolute Gasteiger partial charge is 0.392 e. The van der Waals surface area contributed by atoms with Crippen LogP contribution in [0, 0.1) is 0 Å². The van der Waals surface area contributed by atoms with Crippen LogP contribution in [0.3, 0.4) is 0 Å². The standard InChI is InChI=1S/C28H31BrN4O3/c1-20(5-3-2-4-17-30)31-26(35)15-8-21-6-9-22(10-7-21)27(33-18-16-25(34)19-33)28(36)32-24-13-11-23(29)12-14-24/h2-15,25,27,34H,1,16-19,30H2,(H,31,35)(H,32,36)/b4-2-,5-3-,15-8+/t25-,27?/m0/s1. The highest BCUT2D eigenvalue weighted by Crippen LogP contribution is 2.28. The lowest BCUT2D eigenvalue weighted by atomic mass is 10.0. The van der Waals surface area contributed by atoms with Crippen molar-refractivity contribution in [1.82, 2.24) is 10.2 Å². The molecule has 3 rings (SSSR count). The summed E-state index contributed by atoms with van der Waals surface area (Å²) in [5.74, 6) is -0.462. The van der Waals surface area contributed by atoms with Crippen LogP contribution in [0.1, 0.15) is 23.6 Å². The minimum absolute atomic E-state index is 0.165. The molecule has 36 heavy (non-hydrogen) atoms. The first kappa shape index (κ1) is 27.3. The molecule has 188 valence electrons. The third kappa shape index (κ3) is 8.42. The minimum Gasteiger partial charge on any atom is -0.392 e. The van der Waals surface area contributed by atoms with Gasteiger partial charge in [0.1, 0.15) is 6.04 Å². The van der Waals surface area contributed by atoms with E-state index in [1.165, 1.54) is 6.08 Å². The van der Waals surface area contributed by atoms with Crippen LogP contribution in [0.25, 0.3) is 6.08 Å². The van der Waals surface area contributed by atoms with Gasteiger partial charge in [-0.1, -0.05) is 65.0 Å². The van der Waals surface area contributed by atoms with Gasteiger partial charge >= 0.3 is 0 Å². The fraction of sp³-hybridized carbons (Fsp3) is 0.214. The van der Waals surface area contributed by atoms with E-state index in [0.717, 1.165) is 15.6 Å². The van der Waals surface area contributed by atoms with Crippen molar-refractivity contribution in [3.05, 3.63) is 107 Å². The van der Waals surface area contributed by atoms with E-state index in [2.05, 4.69) is 33.1 Å². The molecule has 0 aliphatic carbocycles. The number of allylic oxidation sites excluding steroid dienone is 3. The molecule has 0 bridgehead atoms. The maximum absolute atomic E-state index is 13.3. The number of likely N-dealkylation sites (tertiary alicyclic amines) is 1. The third-order valence-corrected chi connectivity index (χ3v) is 6.09. The van der Waals surface area contributed by atoms with Crippen molar-refractivity contribution in [3.63, 3.8) is 0 Å². The fourth-order valence-electron chi connectivity index (χ4n) is 3.81. The molecule has 7 nitrogen and oxygen atoms in total. The van der Waals surface area contributed by atoms with Crippen LogP contribution < -0.4 is 16.4 Å². The number of anilines is 1. The quantitative estimate of drug-likeness (QED) is 0.265. The molecule has 0 spiro atoms. The van der Waals surface area contributed by atoms with Crippen molar-refractivity contribution < 1.29 is 14.7 Å². The Morgan fingerprint density at radius 2 is 1.86 bits per heavy atom. The SMILES string of the molecule is C=C(/C=C\C=C/CN)NC(=O)/C=C/c1ccc(C(C(=O)Nc2ccc(Br)cc2)N2CC[C@H](O)C2)cc1. The first-order valence-corrected chi connectivity index (χ1v) is 12.4. The molecule has 2 amide bonds. The molecule has 1 unspecified atom stereocenters. The molecule has 8 heteroatoms. The number of halogens is 1. The molecule has 0 saturated carbocycles. The monoisotopic (exact) mass is 550 g/mol. The lowest BCUT2D eigenvalue weighted by Gasteiger charge is -2.27. The first-order chi connectivity index (χ1) is 17.4. The second-order valence-electron chi connectivity index (χ2n) is 8.37. The van der Waals surface area contributed by atoms with E-state index in [1.54, 1.807) is 30.4 Å². The Labute approximate surface area is 220 Å².